The quantitative estimate of drug-likeness (QED) is 0.593. The van der Waals surface area contributed by atoms with Gasteiger partial charge in [-0.15, -0.1) is 0 Å². The van der Waals surface area contributed by atoms with Crippen LogP contribution < -0.4 is 5.32 Å². The molecule has 0 aromatic carbocycles. The lowest BCUT2D eigenvalue weighted by atomic mass is 9.78. The van der Waals surface area contributed by atoms with E-state index < -0.39 is 11.5 Å². The molecule has 76 valence electrons. The molecule has 13 heavy (non-hydrogen) atoms. The Labute approximate surface area is 78.3 Å². The van der Waals surface area contributed by atoms with E-state index >= 15 is 0 Å². The fourth-order valence-electron chi connectivity index (χ4n) is 1.51. The molecule has 1 rings (SSSR count). The fourth-order valence-corrected chi connectivity index (χ4v) is 1.51. The third-order valence-corrected chi connectivity index (χ3v) is 2.64. The summed E-state index contributed by atoms with van der Waals surface area (Å²) < 4.78 is 4.93. The zero-order valence-electron chi connectivity index (χ0n) is 8.17. The minimum Gasteiger partial charge on any atom is -0.465 e. The molecule has 0 bridgehead atoms. The lowest BCUT2D eigenvalue weighted by Crippen LogP contribution is -2.52. The number of nitrogens with one attached hydrogen (secondary N) is 1. The summed E-state index contributed by atoms with van der Waals surface area (Å²) in [6, 6.07) is 0. The van der Waals surface area contributed by atoms with Crippen molar-refractivity contribution in [1.82, 2.24) is 5.32 Å². The summed E-state index contributed by atoms with van der Waals surface area (Å²) in [6.07, 6.45) is -0.00667. The average molecular weight is 187 g/mol. The minimum absolute atomic E-state index is 0.288. The molecule has 0 saturated carbocycles. The van der Waals surface area contributed by atoms with E-state index in [1.165, 1.54) is 0 Å². The number of rotatable bonds is 2. The van der Waals surface area contributed by atoms with E-state index in [-0.39, 0.29) is 5.97 Å². The molecule has 1 unspecified atom stereocenters. The summed E-state index contributed by atoms with van der Waals surface area (Å²) >= 11 is 0. The van der Waals surface area contributed by atoms with Gasteiger partial charge in [0.15, 0.2) is 0 Å². The minimum atomic E-state index is -0.721. The second-order valence-electron chi connectivity index (χ2n) is 3.61. The zero-order chi connectivity index (χ0) is 9.90. The van der Waals surface area contributed by atoms with Gasteiger partial charge in [-0.25, -0.2) is 0 Å². The van der Waals surface area contributed by atoms with Crippen molar-refractivity contribution < 1.29 is 14.6 Å². The van der Waals surface area contributed by atoms with Gasteiger partial charge in [0, 0.05) is 6.54 Å². The average Bonchev–Trinajstić information content (AvgIpc) is 2.11. The normalized spacial score (nSPS) is 34.2. The zero-order valence-corrected chi connectivity index (χ0v) is 8.17. The van der Waals surface area contributed by atoms with Crippen molar-refractivity contribution in [1.29, 1.82) is 0 Å². The van der Waals surface area contributed by atoms with Crippen LogP contribution >= 0.6 is 0 Å². The van der Waals surface area contributed by atoms with E-state index in [0.29, 0.717) is 19.6 Å². The Hall–Kier alpha value is -0.610. The molecule has 1 aliphatic rings. The van der Waals surface area contributed by atoms with E-state index in [9.17, 15) is 9.90 Å². The largest absolute Gasteiger partial charge is 0.465 e. The van der Waals surface area contributed by atoms with Crippen LogP contribution in [0.2, 0.25) is 0 Å². The summed E-state index contributed by atoms with van der Waals surface area (Å²) in [5.74, 6) is -0.288. The molecule has 0 aromatic heterocycles. The van der Waals surface area contributed by atoms with Crippen molar-refractivity contribution in [3.63, 3.8) is 0 Å². The van der Waals surface area contributed by atoms with Gasteiger partial charge >= 0.3 is 5.97 Å². The Bertz CT molecular complexity index is 195. The third-order valence-electron chi connectivity index (χ3n) is 2.64. The second-order valence-corrected chi connectivity index (χ2v) is 3.61. The Morgan fingerprint density at radius 1 is 1.77 bits per heavy atom. The highest BCUT2D eigenvalue weighted by molar-refractivity contribution is 5.77. The Morgan fingerprint density at radius 3 is 3.00 bits per heavy atom. The first-order valence-electron chi connectivity index (χ1n) is 4.67. The van der Waals surface area contributed by atoms with Gasteiger partial charge in [-0.05, 0) is 26.8 Å². The summed E-state index contributed by atoms with van der Waals surface area (Å²) in [7, 11) is 0. The maximum atomic E-state index is 11.5. The molecule has 1 heterocycles. The molecular formula is C9H17NO3. The maximum Gasteiger partial charge on any atom is 0.314 e. The number of piperidine rings is 1. The van der Waals surface area contributed by atoms with Crippen molar-refractivity contribution >= 4 is 5.97 Å². The number of hydrogen-bond acceptors (Lipinski definition) is 4. The van der Waals surface area contributed by atoms with Gasteiger partial charge in [0.1, 0.15) is 0 Å². The van der Waals surface area contributed by atoms with Crippen LogP contribution in [-0.2, 0) is 9.53 Å². The standard InChI is InChI=1S/C9H17NO3/c1-3-13-8(12)9(2)4-5-10-6-7(9)11/h7,10-11H,3-6H2,1-2H3/t7-,9?/m1/s1. The van der Waals surface area contributed by atoms with Crippen LogP contribution in [-0.4, -0.2) is 36.9 Å². The van der Waals surface area contributed by atoms with Gasteiger partial charge in [-0.3, -0.25) is 4.79 Å². The van der Waals surface area contributed by atoms with Crippen LogP contribution in [0.5, 0.6) is 0 Å². The molecule has 0 aliphatic carbocycles. The van der Waals surface area contributed by atoms with Crippen LogP contribution in [0.4, 0.5) is 0 Å². The number of β-amino-alcohol motifs (C(OH)–C–C–N with tert-alkyl or cyclic N) is 1. The smallest absolute Gasteiger partial charge is 0.314 e. The highest BCUT2D eigenvalue weighted by atomic mass is 16.5. The molecule has 1 fully saturated rings. The van der Waals surface area contributed by atoms with Crippen LogP contribution in [0.15, 0.2) is 0 Å². The van der Waals surface area contributed by atoms with Gasteiger partial charge in [-0.1, -0.05) is 0 Å². The van der Waals surface area contributed by atoms with Gasteiger partial charge in [0.2, 0.25) is 0 Å². The molecule has 2 atom stereocenters. The van der Waals surface area contributed by atoms with Crippen molar-refractivity contribution in [3.05, 3.63) is 0 Å². The first-order valence-corrected chi connectivity index (χ1v) is 4.67. The van der Waals surface area contributed by atoms with Crippen molar-refractivity contribution in [2.75, 3.05) is 19.7 Å². The van der Waals surface area contributed by atoms with Gasteiger partial charge in [-0.2, -0.15) is 0 Å². The summed E-state index contributed by atoms with van der Waals surface area (Å²) in [5.41, 5.74) is -0.721. The lowest BCUT2D eigenvalue weighted by molar-refractivity contribution is -0.163. The molecule has 0 aromatic rings. The fraction of sp³-hybridized carbons (Fsp3) is 0.889. The first kappa shape index (κ1) is 10.5. The molecule has 0 radical (unpaired) electrons. The molecule has 2 N–H and O–H groups in total. The number of aliphatic hydroxyl groups excluding tert-OH is 1. The Kier molecular flexibility index (Phi) is 3.27. The SMILES string of the molecule is CCOC(=O)C1(C)CCNC[C@H]1O. The second kappa shape index (κ2) is 4.07. The van der Waals surface area contributed by atoms with Crippen molar-refractivity contribution in [2.45, 2.75) is 26.4 Å². The van der Waals surface area contributed by atoms with Gasteiger partial charge < -0.3 is 15.2 Å². The van der Waals surface area contributed by atoms with Gasteiger partial charge in [0.25, 0.3) is 0 Å². The summed E-state index contributed by atoms with van der Waals surface area (Å²) in [6.45, 7) is 5.13. The van der Waals surface area contributed by atoms with Gasteiger partial charge in [0.05, 0.1) is 18.1 Å². The number of ether oxygens (including phenoxy) is 1. The Balaban J connectivity index is 2.65. The lowest BCUT2D eigenvalue weighted by Gasteiger charge is -2.36. The van der Waals surface area contributed by atoms with E-state index in [1.54, 1.807) is 13.8 Å². The summed E-state index contributed by atoms with van der Waals surface area (Å²) in [5, 5.41) is 12.7. The Morgan fingerprint density at radius 2 is 2.46 bits per heavy atom. The number of hydrogen-bond donors (Lipinski definition) is 2. The van der Waals surface area contributed by atoms with Crippen molar-refractivity contribution in [3.8, 4) is 0 Å². The maximum absolute atomic E-state index is 11.5. The number of carbonyl (C=O) groups excluding carboxylic acids is 1. The molecule has 0 spiro atoms. The van der Waals surface area contributed by atoms with E-state index in [1.807, 2.05) is 0 Å². The van der Waals surface area contributed by atoms with Crippen LogP contribution in [0.3, 0.4) is 0 Å². The van der Waals surface area contributed by atoms with E-state index in [2.05, 4.69) is 5.32 Å². The third kappa shape index (κ3) is 2.00. The molecule has 4 nitrogen and oxygen atoms in total. The number of esters is 1. The predicted octanol–water partition coefficient (Wildman–Crippen LogP) is -0.0900. The van der Waals surface area contributed by atoms with E-state index in [0.717, 1.165) is 6.54 Å². The highest BCUT2D eigenvalue weighted by Gasteiger charge is 2.43. The van der Waals surface area contributed by atoms with Crippen LogP contribution in [0.1, 0.15) is 20.3 Å². The molecule has 1 saturated heterocycles. The monoisotopic (exact) mass is 187 g/mol. The molecule has 1 aliphatic heterocycles. The summed E-state index contributed by atoms with van der Waals surface area (Å²) in [4.78, 5) is 11.5. The molecule has 0 amide bonds. The highest BCUT2D eigenvalue weighted by Crippen LogP contribution is 2.29. The van der Waals surface area contributed by atoms with Crippen LogP contribution in [0.25, 0.3) is 0 Å². The number of aliphatic hydroxyl groups is 1. The van der Waals surface area contributed by atoms with Crippen LogP contribution in [0, 0.1) is 5.41 Å². The predicted molar refractivity (Wildman–Crippen MR) is 48.2 cm³/mol. The molecular weight excluding hydrogens is 170 g/mol. The van der Waals surface area contributed by atoms with E-state index in [4.69, 9.17) is 4.74 Å². The first-order chi connectivity index (χ1) is 6.11. The number of carbonyl (C=O) groups is 1. The van der Waals surface area contributed by atoms with Crippen molar-refractivity contribution in [2.24, 2.45) is 5.41 Å². The molecule has 4 heteroatoms. The topological polar surface area (TPSA) is 58.6 Å².